The first-order chi connectivity index (χ1) is 8.56. The highest BCUT2D eigenvalue weighted by Crippen LogP contribution is 2.14. The van der Waals surface area contributed by atoms with Crippen molar-refractivity contribution in [2.75, 3.05) is 19.8 Å². The van der Waals surface area contributed by atoms with Crippen molar-refractivity contribution in [1.29, 1.82) is 0 Å². The minimum absolute atomic E-state index is 0.0349. The van der Waals surface area contributed by atoms with Gasteiger partial charge in [0.2, 0.25) is 0 Å². The highest BCUT2D eigenvalue weighted by Gasteiger charge is 2.17. The second-order valence-electron chi connectivity index (χ2n) is 4.39. The van der Waals surface area contributed by atoms with Crippen LogP contribution in [0.2, 0.25) is 0 Å². The number of benzene rings is 1. The van der Waals surface area contributed by atoms with E-state index >= 15 is 0 Å². The maximum Gasteiger partial charge on any atom is 0.191 e. The van der Waals surface area contributed by atoms with E-state index in [0.29, 0.717) is 19.8 Å². The molecule has 18 heavy (non-hydrogen) atoms. The van der Waals surface area contributed by atoms with Gasteiger partial charge in [-0.1, -0.05) is 17.7 Å². The first kappa shape index (κ1) is 14.9. The van der Waals surface area contributed by atoms with Crippen LogP contribution in [0.1, 0.15) is 35.3 Å². The summed E-state index contributed by atoms with van der Waals surface area (Å²) in [5.74, 6) is 0.0349. The summed E-state index contributed by atoms with van der Waals surface area (Å²) in [7, 11) is 0. The lowest BCUT2D eigenvalue weighted by Crippen LogP contribution is -2.23. The smallest absolute Gasteiger partial charge is 0.191 e. The molecule has 0 amide bonds. The normalized spacial score (nSPS) is 12.4. The van der Waals surface area contributed by atoms with Crippen LogP contribution in [-0.4, -0.2) is 31.7 Å². The molecule has 3 nitrogen and oxygen atoms in total. The minimum atomic E-state index is -0.425. The molecule has 0 saturated carbocycles. The summed E-state index contributed by atoms with van der Waals surface area (Å²) in [4.78, 5) is 12.2. The number of aryl methyl sites for hydroxylation is 2. The number of carbonyl (C=O) groups is 1. The summed E-state index contributed by atoms with van der Waals surface area (Å²) >= 11 is 0. The molecule has 1 aromatic carbocycles. The Hall–Kier alpha value is -1.19. The maximum absolute atomic E-state index is 12.2. The molecule has 100 valence electrons. The molecule has 1 unspecified atom stereocenters. The van der Waals surface area contributed by atoms with Crippen LogP contribution in [0, 0.1) is 13.8 Å². The Labute approximate surface area is 109 Å². The van der Waals surface area contributed by atoms with E-state index in [1.54, 1.807) is 6.92 Å². The largest absolute Gasteiger partial charge is 0.379 e. The predicted octanol–water partition coefficient (Wildman–Crippen LogP) is 2.93. The number of ketones is 1. The average molecular weight is 250 g/mol. The second-order valence-corrected chi connectivity index (χ2v) is 4.39. The van der Waals surface area contributed by atoms with E-state index in [1.807, 2.05) is 39.0 Å². The van der Waals surface area contributed by atoms with Crippen LogP contribution in [0.25, 0.3) is 0 Å². The van der Waals surface area contributed by atoms with Crippen LogP contribution < -0.4 is 0 Å². The van der Waals surface area contributed by atoms with E-state index in [1.165, 1.54) is 0 Å². The van der Waals surface area contributed by atoms with E-state index in [-0.39, 0.29) is 5.78 Å². The Morgan fingerprint density at radius 1 is 1.28 bits per heavy atom. The fraction of sp³-hybridized carbons (Fsp3) is 0.533. The Morgan fingerprint density at radius 3 is 2.67 bits per heavy atom. The van der Waals surface area contributed by atoms with Gasteiger partial charge in [0.25, 0.3) is 0 Å². The van der Waals surface area contributed by atoms with Crippen LogP contribution in [-0.2, 0) is 9.47 Å². The molecule has 0 N–H and O–H groups in total. The molecule has 0 heterocycles. The Bertz CT molecular complexity index is 399. The zero-order chi connectivity index (χ0) is 13.5. The lowest BCUT2D eigenvalue weighted by molar-refractivity contribution is 0.0174. The first-order valence-electron chi connectivity index (χ1n) is 6.37. The van der Waals surface area contributed by atoms with Gasteiger partial charge >= 0.3 is 0 Å². The number of rotatable bonds is 7. The van der Waals surface area contributed by atoms with E-state index in [2.05, 4.69) is 0 Å². The Balaban J connectivity index is 2.60. The van der Waals surface area contributed by atoms with Crippen LogP contribution in [0.3, 0.4) is 0 Å². The Morgan fingerprint density at radius 2 is 2.00 bits per heavy atom. The van der Waals surface area contributed by atoms with Gasteiger partial charge < -0.3 is 9.47 Å². The van der Waals surface area contributed by atoms with Gasteiger partial charge in [-0.2, -0.15) is 0 Å². The molecule has 1 rings (SSSR count). The van der Waals surface area contributed by atoms with E-state index < -0.39 is 6.10 Å². The van der Waals surface area contributed by atoms with Crippen molar-refractivity contribution in [3.8, 4) is 0 Å². The van der Waals surface area contributed by atoms with Gasteiger partial charge in [-0.3, -0.25) is 4.79 Å². The fourth-order valence-electron chi connectivity index (χ4n) is 1.72. The predicted molar refractivity (Wildman–Crippen MR) is 72.2 cm³/mol. The third-order valence-electron chi connectivity index (χ3n) is 2.83. The van der Waals surface area contributed by atoms with Gasteiger partial charge in [0.05, 0.1) is 13.2 Å². The molecule has 0 aliphatic rings. The van der Waals surface area contributed by atoms with Crippen molar-refractivity contribution in [1.82, 2.24) is 0 Å². The van der Waals surface area contributed by atoms with Gasteiger partial charge in [0.1, 0.15) is 6.10 Å². The molecule has 1 aromatic rings. The molecule has 3 heteroatoms. The molecule has 0 fully saturated rings. The second kappa shape index (κ2) is 7.29. The fourth-order valence-corrected chi connectivity index (χ4v) is 1.72. The molecule has 0 saturated heterocycles. The molecule has 0 aliphatic carbocycles. The number of Topliss-reactive ketones (excluding diaryl/α,β-unsaturated/α-hetero) is 1. The summed E-state index contributed by atoms with van der Waals surface area (Å²) in [6.45, 7) is 9.30. The zero-order valence-corrected chi connectivity index (χ0v) is 11.7. The van der Waals surface area contributed by atoms with Crippen LogP contribution in [0.4, 0.5) is 0 Å². The summed E-state index contributed by atoms with van der Waals surface area (Å²) in [6.07, 6.45) is -0.425. The topological polar surface area (TPSA) is 35.5 Å². The molecule has 0 aromatic heterocycles. The van der Waals surface area contributed by atoms with Crippen LogP contribution >= 0.6 is 0 Å². The van der Waals surface area contributed by atoms with Gasteiger partial charge in [-0.15, -0.1) is 0 Å². The molecule has 0 bridgehead atoms. The van der Waals surface area contributed by atoms with Crippen LogP contribution in [0.15, 0.2) is 18.2 Å². The zero-order valence-electron chi connectivity index (χ0n) is 11.7. The van der Waals surface area contributed by atoms with Gasteiger partial charge in [0.15, 0.2) is 5.78 Å². The summed E-state index contributed by atoms with van der Waals surface area (Å²) < 4.78 is 10.7. The lowest BCUT2D eigenvalue weighted by Gasteiger charge is -2.14. The monoisotopic (exact) mass is 250 g/mol. The molecule has 0 spiro atoms. The van der Waals surface area contributed by atoms with Crippen molar-refractivity contribution < 1.29 is 14.3 Å². The Kier molecular flexibility index (Phi) is 6.02. The summed E-state index contributed by atoms with van der Waals surface area (Å²) in [6, 6.07) is 5.89. The van der Waals surface area contributed by atoms with E-state index in [9.17, 15) is 4.79 Å². The van der Waals surface area contributed by atoms with Crippen molar-refractivity contribution in [3.05, 3.63) is 34.9 Å². The third kappa shape index (κ3) is 4.24. The summed E-state index contributed by atoms with van der Waals surface area (Å²) in [5.41, 5.74) is 2.83. The third-order valence-corrected chi connectivity index (χ3v) is 2.83. The lowest BCUT2D eigenvalue weighted by atomic mass is 9.99. The number of hydrogen-bond acceptors (Lipinski definition) is 3. The summed E-state index contributed by atoms with van der Waals surface area (Å²) in [5, 5.41) is 0. The van der Waals surface area contributed by atoms with Crippen molar-refractivity contribution in [2.45, 2.75) is 33.8 Å². The maximum atomic E-state index is 12.2. The molecule has 0 aliphatic heterocycles. The van der Waals surface area contributed by atoms with E-state index in [4.69, 9.17) is 9.47 Å². The number of carbonyl (C=O) groups excluding carboxylic acids is 1. The van der Waals surface area contributed by atoms with E-state index in [0.717, 1.165) is 16.7 Å². The SMILES string of the molecule is CCOCCOC(C)C(=O)c1cc(C)ccc1C. The van der Waals surface area contributed by atoms with Gasteiger partial charge in [0, 0.05) is 12.2 Å². The quantitative estimate of drug-likeness (QED) is 0.551. The molecular weight excluding hydrogens is 228 g/mol. The number of ether oxygens (including phenoxy) is 2. The number of hydrogen-bond donors (Lipinski definition) is 0. The van der Waals surface area contributed by atoms with Gasteiger partial charge in [-0.25, -0.2) is 0 Å². The molecular formula is C15H22O3. The van der Waals surface area contributed by atoms with Crippen molar-refractivity contribution in [3.63, 3.8) is 0 Å². The van der Waals surface area contributed by atoms with Gasteiger partial charge in [-0.05, 0) is 39.3 Å². The highest BCUT2D eigenvalue weighted by atomic mass is 16.5. The first-order valence-corrected chi connectivity index (χ1v) is 6.37. The van der Waals surface area contributed by atoms with Crippen molar-refractivity contribution in [2.24, 2.45) is 0 Å². The molecule has 0 radical (unpaired) electrons. The average Bonchev–Trinajstić information content (AvgIpc) is 2.36. The molecule has 1 atom stereocenters. The standard InChI is InChI=1S/C15H22O3/c1-5-17-8-9-18-13(4)15(16)14-10-11(2)6-7-12(14)3/h6-7,10,13H,5,8-9H2,1-4H3. The van der Waals surface area contributed by atoms with Crippen molar-refractivity contribution >= 4 is 5.78 Å². The highest BCUT2D eigenvalue weighted by molar-refractivity contribution is 6.00. The van der Waals surface area contributed by atoms with Crippen LogP contribution in [0.5, 0.6) is 0 Å². The minimum Gasteiger partial charge on any atom is -0.379 e.